The number of carbonyl (C=O) groups is 1. The van der Waals surface area contributed by atoms with Crippen LogP contribution in [-0.4, -0.2) is 18.7 Å². The first-order valence-electron chi connectivity index (χ1n) is 5.52. The molecule has 4 nitrogen and oxygen atoms in total. The monoisotopic (exact) mass is 243 g/mol. The molecule has 0 bridgehead atoms. The van der Waals surface area contributed by atoms with Gasteiger partial charge >= 0.3 is 5.97 Å². The van der Waals surface area contributed by atoms with Gasteiger partial charge in [0.2, 0.25) is 0 Å². The predicted molar refractivity (Wildman–Crippen MR) is 65.7 cm³/mol. The molecule has 4 heteroatoms. The third-order valence-electron chi connectivity index (χ3n) is 2.89. The summed E-state index contributed by atoms with van der Waals surface area (Å²) in [5, 5.41) is 9.07. The Morgan fingerprint density at radius 1 is 1.28 bits per heavy atom. The molecule has 0 radical (unpaired) electrons. The number of nitrogens with zero attached hydrogens (tertiary/aromatic N) is 1. The van der Waals surface area contributed by atoms with Crippen molar-refractivity contribution >= 4 is 11.5 Å². The standard InChI is InChI=1S/C14H13NO3/c1-14(2)12(11(8-15)13(16)18-14)9-4-6-10(17-3)7-5-9/h4-7H,1-3H3. The van der Waals surface area contributed by atoms with Gasteiger partial charge < -0.3 is 9.47 Å². The molecule has 0 amide bonds. The molecule has 0 N–H and O–H groups in total. The lowest BCUT2D eigenvalue weighted by molar-refractivity contribution is -0.143. The van der Waals surface area contributed by atoms with Gasteiger partial charge in [-0.3, -0.25) is 0 Å². The number of rotatable bonds is 2. The van der Waals surface area contributed by atoms with Crippen LogP contribution in [0.15, 0.2) is 29.8 Å². The lowest BCUT2D eigenvalue weighted by Gasteiger charge is -2.21. The van der Waals surface area contributed by atoms with E-state index in [1.807, 2.05) is 18.2 Å². The first-order chi connectivity index (χ1) is 8.49. The molecular weight excluding hydrogens is 230 g/mol. The van der Waals surface area contributed by atoms with E-state index >= 15 is 0 Å². The van der Waals surface area contributed by atoms with Crippen LogP contribution in [-0.2, 0) is 9.53 Å². The molecule has 0 aromatic heterocycles. The van der Waals surface area contributed by atoms with Gasteiger partial charge in [0.25, 0.3) is 0 Å². The highest BCUT2D eigenvalue weighted by Gasteiger charge is 2.41. The second-order valence-electron chi connectivity index (χ2n) is 4.49. The van der Waals surface area contributed by atoms with Crippen molar-refractivity contribution in [2.45, 2.75) is 19.4 Å². The fourth-order valence-corrected chi connectivity index (χ4v) is 2.09. The molecule has 1 aromatic rings. The third-order valence-corrected chi connectivity index (χ3v) is 2.89. The highest BCUT2D eigenvalue weighted by atomic mass is 16.6. The fourth-order valence-electron chi connectivity index (χ4n) is 2.09. The van der Waals surface area contributed by atoms with Crippen molar-refractivity contribution in [3.05, 3.63) is 35.4 Å². The Bertz CT molecular complexity index is 562. The molecular formula is C14H13NO3. The van der Waals surface area contributed by atoms with Crippen molar-refractivity contribution in [1.29, 1.82) is 5.26 Å². The van der Waals surface area contributed by atoms with Crippen molar-refractivity contribution in [1.82, 2.24) is 0 Å². The summed E-state index contributed by atoms with van der Waals surface area (Å²) in [7, 11) is 1.58. The molecule has 1 aliphatic rings. The van der Waals surface area contributed by atoms with Gasteiger partial charge in [-0.1, -0.05) is 12.1 Å². The smallest absolute Gasteiger partial charge is 0.350 e. The molecule has 0 unspecified atom stereocenters. The number of nitriles is 1. The summed E-state index contributed by atoms with van der Waals surface area (Å²) < 4.78 is 10.3. The highest BCUT2D eigenvalue weighted by molar-refractivity contribution is 6.07. The molecule has 0 spiro atoms. The summed E-state index contributed by atoms with van der Waals surface area (Å²) in [6, 6.07) is 9.13. The Hall–Kier alpha value is -2.28. The number of hydrogen-bond acceptors (Lipinski definition) is 4. The number of hydrogen-bond donors (Lipinski definition) is 0. The van der Waals surface area contributed by atoms with Gasteiger partial charge in [0.05, 0.1) is 7.11 Å². The summed E-state index contributed by atoms with van der Waals surface area (Å²) in [6.07, 6.45) is 0. The van der Waals surface area contributed by atoms with E-state index in [2.05, 4.69) is 0 Å². The van der Waals surface area contributed by atoms with Gasteiger partial charge in [0.1, 0.15) is 23.0 Å². The van der Waals surface area contributed by atoms with Gasteiger partial charge in [-0.15, -0.1) is 0 Å². The summed E-state index contributed by atoms with van der Waals surface area (Å²) in [6.45, 7) is 3.55. The van der Waals surface area contributed by atoms with Crippen LogP contribution >= 0.6 is 0 Å². The number of cyclic esters (lactones) is 1. The van der Waals surface area contributed by atoms with E-state index in [9.17, 15) is 4.79 Å². The van der Waals surface area contributed by atoms with E-state index in [1.165, 1.54) is 0 Å². The number of methoxy groups -OCH3 is 1. The maximum absolute atomic E-state index is 11.6. The maximum Gasteiger partial charge on any atom is 0.350 e. The number of esters is 1. The normalized spacial score (nSPS) is 17.3. The van der Waals surface area contributed by atoms with Crippen LogP contribution in [0.3, 0.4) is 0 Å². The van der Waals surface area contributed by atoms with Crippen LogP contribution in [0.2, 0.25) is 0 Å². The van der Waals surface area contributed by atoms with Crippen molar-refractivity contribution in [2.75, 3.05) is 7.11 Å². The Balaban J connectivity index is 2.56. The molecule has 0 saturated heterocycles. The van der Waals surface area contributed by atoms with Crippen LogP contribution < -0.4 is 4.74 Å². The summed E-state index contributed by atoms with van der Waals surface area (Å²) in [5.74, 6) is 0.161. The first kappa shape index (κ1) is 12.2. The average Bonchev–Trinajstić information content (AvgIpc) is 2.58. The largest absolute Gasteiger partial charge is 0.497 e. The van der Waals surface area contributed by atoms with Crippen LogP contribution in [0, 0.1) is 11.3 Å². The minimum Gasteiger partial charge on any atom is -0.497 e. The van der Waals surface area contributed by atoms with E-state index in [0.717, 1.165) is 11.3 Å². The molecule has 0 aliphatic carbocycles. The molecule has 92 valence electrons. The second kappa shape index (κ2) is 4.19. The van der Waals surface area contributed by atoms with Gasteiger partial charge in [0.15, 0.2) is 0 Å². The second-order valence-corrected chi connectivity index (χ2v) is 4.49. The lowest BCUT2D eigenvalue weighted by Crippen LogP contribution is -2.22. The molecule has 0 atom stereocenters. The molecule has 0 saturated carbocycles. The van der Waals surface area contributed by atoms with Gasteiger partial charge in [-0.05, 0) is 31.5 Å². The Kier molecular flexibility index (Phi) is 2.84. The van der Waals surface area contributed by atoms with Crippen LogP contribution in [0.4, 0.5) is 0 Å². The maximum atomic E-state index is 11.6. The molecule has 0 fully saturated rings. The van der Waals surface area contributed by atoms with E-state index < -0.39 is 11.6 Å². The fraction of sp³-hybridized carbons (Fsp3) is 0.286. The highest BCUT2D eigenvalue weighted by Crippen LogP contribution is 2.39. The van der Waals surface area contributed by atoms with Crippen molar-refractivity contribution in [2.24, 2.45) is 0 Å². The topological polar surface area (TPSA) is 59.3 Å². The van der Waals surface area contributed by atoms with E-state index in [4.69, 9.17) is 14.7 Å². The van der Waals surface area contributed by atoms with Crippen molar-refractivity contribution < 1.29 is 14.3 Å². The summed E-state index contributed by atoms with van der Waals surface area (Å²) >= 11 is 0. The number of ether oxygens (including phenoxy) is 2. The molecule has 1 aromatic carbocycles. The zero-order valence-corrected chi connectivity index (χ0v) is 10.5. The molecule has 1 heterocycles. The van der Waals surface area contributed by atoms with E-state index in [0.29, 0.717) is 5.57 Å². The first-order valence-corrected chi connectivity index (χ1v) is 5.52. The minimum absolute atomic E-state index is 0.0742. The SMILES string of the molecule is COc1ccc(C2=C(C#N)C(=O)OC2(C)C)cc1. The molecule has 2 rings (SSSR count). The quantitative estimate of drug-likeness (QED) is 0.748. The summed E-state index contributed by atoms with van der Waals surface area (Å²) in [4.78, 5) is 11.6. The molecule has 18 heavy (non-hydrogen) atoms. The average molecular weight is 243 g/mol. The molecule has 1 aliphatic heterocycles. The predicted octanol–water partition coefficient (Wildman–Crippen LogP) is 2.31. The van der Waals surface area contributed by atoms with Gasteiger partial charge in [-0.25, -0.2) is 4.79 Å². The lowest BCUT2D eigenvalue weighted by atomic mass is 9.89. The third kappa shape index (κ3) is 1.84. The van der Waals surface area contributed by atoms with Crippen LogP contribution in [0.25, 0.3) is 5.57 Å². The van der Waals surface area contributed by atoms with Crippen LogP contribution in [0.1, 0.15) is 19.4 Å². The van der Waals surface area contributed by atoms with Gasteiger partial charge in [-0.2, -0.15) is 5.26 Å². The number of benzene rings is 1. The zero-order chi connectivity index (χ0) is 13.3. The Morgan fingerprint density at radius 2 is 1.89 bits per heavy atom. The van der Waals surface area contributed by atoms with E-state index in [-0.39, 0.29) is 5.57 Å². The number of carbonyl (C=O) groups excluding carboxylic acids is 1. The Labute approximate surface area is 105 Å². The minimum atomic E-state index is -0.781. The van der Waals surface area contributed by atoms with Crippen molar-refractivity contribution in [3.63, 3.8) is 0 Å². The zero-order valence-electron chi connectivity index (χ0n) is 10.5. The van der Waals surface area contributed by atoms with Crippen LogP contribution in [0.5, 0.6) is 5.75 Å². The van der Waals surface area contributed by atoms with Crippen molar-refractivity contribution in [3.8, 4) is 11.8 Å². The van der Waals surface area contributed by atoms with Gasteiger partial charge in [0, 0.05) is 5.57 Å². The van der Waals surface area contributed by atoms with E-state index in [1.54, 1.807) is 33.1 Å². The summed E-state index contributed by atoms with van der Waals surface area (Å²) in [5.41, 5.74) is 0.711. The Morgan fingerprint density at radius 3 is 2.39 bits per heavy atom.